The van der Waals surface area contributed by atoms with Crippen molar-refractivity contribution in [3.05, 3.63) is 64.7 Å². The molecule has 0 aliphatic heterocycles. The Morgan fingerprint density at radius 2 is 1.62 bits per heavy atom. The molecular formula is C20H24ClNO2. The van der Waals surface area contributed by atoms with Crippen LogP contribution in [0.2, 0.25) is 5.02 Å². The van der Waals surface area contributed by atoms with Crippen molar-refractivity contribution in [2.24, 2.45) is 0 Å². The number of carbonyl (C=O) groups is 1. The molecule has 0 spiro atoms. The summed E-state index contributed by atoms with van der Waals surface area (Å²) in [6, 6.07) is 14.7. The molecule has 2 rings (SSSR count). The van der Waals surface area contributed by atoms with E-state index in [0.29, 0.717) is 23.6 Å². The van der Waals surface area contributed by atoms with Gasteiger partial charge in [-0.1, -0.05) is 37.6 Å². The van der Waals surface area contributed by atoms with E-state index in [1.54, 1.807) is 12.1 Å². The molecule has 0 saturated heterocycles. The minimum Gasteiger partial charge on any atom is -0.492 e. The van der Waals surface area contributed by atoms with Gasteiger partial charge in [0.05, 0.1) is 0 Å². The molecular weight excluding hydrogens is 322 g/mol. The van der Waals surface area contributed by atoms with E-state index in [-0.39, 0.29) is 5.78 Å². The predicted molar refractivity (Wildman–Crippen MR) is 99.2 cm³/mol. The van der Waals surface area contributed by atoms with Crippen LogP contribution in [0.25, 0.3) is 0 Å². The molecule has 0 aliphatic rings. The molecule has 24 heavy (non-hydrogen) atoms. The van der Waals surface area contributed by atoms with Crippen LogP contribution < -0.4 is 4.74 Å². The van der Waals surface area contributed by atoms with E-state index < -0.39 is 0 Å². The van der Waals surface area contributed by atoms with Crippen molar-refractivity contribution in [3.8, 4) is 5.75 Å². The number of Topliss-reactive ketones (excluding diaryl/α,β-unsaturated/α-hetero) is 1. The van der Waals surface area contributed by atoms with Gasteiger partial charge in [0.15, 0.2) is 5.78 Å². The average Bonchev–Trinajstić information content (AvgIpc) is 2.61. The first kappa shape index (κ1) is 18.5. The second kappa shape index (κ2) is 9.45. The molecule has 4 heteroatoms. The SMILES string of the molecule is CCN(CC)CCOc1ccc(C(=O)Cc2ccc(Cl)cc2)cc1. The molecule has 2 aromatic carbocycles. The van der Waals surface area contributed by atoms with Gasteiger partial charge < -0.3 is 9.64 Å². The van der Waals surface area contributed by atoms with Crippen LogP contribution >= 0.6 is 11.6 Å². The Hall–Kier alpha value is -1.84. The number of ketones is 1. The molecule has 128 valence electrons. The maximum absolute atomic E-state index is 12.3. The summed E-state index contributed by atoms with van der Waals surface area (Å²) < 4.78 is 5.74. The van der Waals surface area contributed by atoms with Gasteiger partial charge in [0.25, 0.3) is 0 Å². The number of ether oxygens (including phenoxy) is 1. The fourth-order valence-corrected chi connectivity index (χ4v) is 2.59. The molecule has 0 N–H and O–H groups in total. The van der Waals surface area contributed by atoms with Crippen LogP contribution in [-0.2, 0) is 6.42 Å². The van der Waals surface area contributed by atoms with E-state index in [9.17, 15) is 4.79 Å². The van der Waals surface area contributed by atoms with Crippen LogP contribution in [0.15, 0.2) is 48.5 Å². The predicted octanol–water partition coefficient (Wildman–Crippen LogP) is 4.49. The van der Waals surface area contributed by atoms with Crippen LogP contribution in [-0.4, -0.2) is 36.9 Å². The second-order valence-corrected chi connectivity index (χ2v) is 6.06. The molecule has 0 radical (unpaired) electrons. The van der Waals surface area contributed by atoms with Crippen molar-refractivity contribution in [2.45, 2.75) is 20.3 Å². The van der Waals surface area contributed by atoms with E-state index in [2.05, 4.69) is 18.7 Å². The van der Waals surface area contributed by atoms with E-state index in [0.717, 1.165) is 30.9 Å². The standard InChI is InChI=1S/C20H24ClNO2/c1-3-22(4-2)13-14-24-19-11-7-17(8-12-19)20(23)15-16-5-9-18(21)10-6-16/h5-12H,3-4,13-15H2,1-2H3. The zero-order valence-electron chi connectivity index (χ0n) is 14.3. The topological polar surface area (TPSA) is 29.5 Å². The number of hydrogen-bond donors (Lipinski definition) is 0. The summed E-state index contributed by atoms with van der Waals surface area (Å²) in [5.41, 5.74) is 1.66. The van der Waals surface area contributed by atoms with Gasteiger partial charge in [0.2, 0.25) is 0 Å². The largest absolute Gasteiger partial charge is 0.492 e. The molecule has 0 aliphatic carbocycles. The quantitative estimate of drug-likeness (QED) is 0.627. The summed E-state index contributed by atoms with van der Waals surface area (Å²) in [4.78, 5) is 14.6. The summed E-state index contributed by atoms with van der Waals surface area (Å²) in [6.45, 7) is 7.90. The zero-order chi connectivity index (χ0) is 17.4. The third kappa shape index (κ3) is 5.66. The fourth-order valence-electron chi connectivity index (χ4n) is 2.46. The van der Waals surface area contributed by atoms with Crippen molar-refractivity contribution in [3.63, 3.8) is 0 Å². The van der Waals surface area contributed by atoms with Gasteiger partial charge in [-0.05, 0) is 55.1 Å². The van der Waals surface area contributed by atoms with Gasteiger partial charge in [0, 0.05) is 23.6 Å². The first-order valence-electron chi connectivity index (χ1n) is 8.35. The Morgan fingerprint density at radius 1 is 1.00 bits per heavy atom. The van der Waals surface area contributed by atoms with Crippen LogP contribution in [0, 0.1) is 0 Å². The second-order valence-electron chi connectivity index (χ2n) is 5.63. The maximum Gasteiger partial charge on any atom is 0.167 e. The molecule has 2 aromatic rings. The van der Waals surface area contributed by atoms with Crippen LogP contribution in [0.5, 0.6) is 5.75 Å². The smallest absolute Gasteiger partial charge is 0.167 e. The first-order chi connectivity index (χ1) is 11.6. The van der Waals surface area contributed by atoms with E-state index >= 15 is 0 Å². The highest BCUT2D eigenvalue weighted by Gasteiger charge is 2.08. The lowest BCUT2D eigenvalue weighted by Gasteiger charge is -2.18. The molecule has 0 atom stereocenters. The van der Waals surface area contributed by atoms with E-state index in [1.807, 2.05) is 36.4 Å². The molecule has 0 unspecified atom stereocenters. The minimum atomic E-state index is 0.0898. The van der Waals surface area contributed by atoms with Crippen molar-refractivity contribution in [2.75, 3.05) is 26.2 Å². The van der Waals surface area contributed by atoms with Crippen LogP contribution in [0.4, 0.5) is 0 Å². The van der Waals surface area contributed by atoms with Crippen LogP contribution in [0.1, 0.15) is 29.8 Å². The molecule has 3 nitrogen and oxygen atoms in total. The number of hydrogen-bond acceptors (Lipinski definition) is 3. The Kier molecular flexibility index (Phi) is 7.29. The Bertz CT molecular complexity index is 634. The maximum atomic E-state index is 12.3. The van der Waals surface area contributed by atoms with Gasteiger partial charge in [-0.15, -0.1) is 0 Å². The number of carbonyl (C=O) groups excluding carboxylic acids is 1. The zero-order valence-corrected chi connectivity index (χ0v) is 15.1. The third-order valence-corrected chi connectivity index (χ3v) is 4.28. The van der Waals surface area contributed by atoms with Gasteiger partial charge in [-0.2, -0.15) is 0 Å². The molecule has 0 amide bonds. The van der Waals surface area contributed by atoms with Gasteiger partial charge in [-0.3, -0.25) is 4.79 Å². The molecule has 0 bridgehead atoms. The van der Waals surface area contributed by atoms with Gasteiger partial charge in [0.1, 0.15) is 12.4 Å². The van der Waals surface area contributed by atoms with Crippen molar-refractivity contribution >= 4 is 17.4 Å². The third-order valence-electron chi connectivity index (χ3n) is 4.02. The summed E-state index contributed by atoms with van der Waals surface area (Å²) in [6.07, 6.45) is 0.374. The fraction of sp³-hybridized carbons (Fsp3) is 0.350. The number of halogens is 1. The summed E-state index contributed by atoms with van der Waals surface area (Å²) in [5, 5.41) is 0.678. The number of benzene rings is 2. The van der Waals surface area contributed by atoms with Crippen molar-refractivity contribution < 1.29 is 9.53 Å². The van der Waals surface area contributed by atoms with Crippen molar-refractivity contribution in [1.82, 2.24) is 4.90 Å². The highest BCUT2D eigenvalue weighted by molar-refractivity contribution is 6.30. The average molecular weight is 346 g/mol. The lowest BCUT2D eigenvalue weighted by Crippen LogP contribution is -2.27. The minimum absolute atomic E-state index is 0.0898. The van der Waals surface area contributed by atoms with E-state index in [4.69, 9.17) is 16.3 Å². The first-order valence-corrected chi connectivity index (χ1v) is 8.73. The molecule has 0 aromatic heterocycles. The molecule has 0 saturated carbocycles. The summed E-state index contributed by atoms with van der Waals surface area (Å²) >= 11 is 5.86. The van der Waals surface area contributed by atoms with Gasteiger partial charge >= 0.3 is 0 Å². The number of nitrogens with zero attached hydrogens (tertiary/aromatic N) is 1. The van der Waals surface area contributed by atoms with Gasteiger partial charge in [-0.25, -0.2) is 0 Å². The summed E-state index contributed by atoms with van der Waals surface area (Å²) in [7, 11) is 0. The highest BCUT2D eigenvalue weighted by atomic mass is 35.5. The van der Waals surface area contributed by atoms with E-state index in [1.165, 1.54) is 0 Å². The monoisotopic (exact) mass is 345 g/mol. The lowest BCUT2D eigenvalue weighted by atomic mass is 10.0. The highest BCUT2D eigenvalue weighted by Crippen LogP contribution is 2.15. The number of likely N-dealkylation sites (N-methyl/N-ethyl adjacent to an activating group) is 1. The molecule has 0 heterocycles. The number of rotatable bonds is 9. The summed E-state index contributed by atoms with van der Waals surface area (Å²) in [5.74, 6) is 0.886. The Labute approximate surface area is 149 Å². The van der Waals surface area contributed by atoms with Crippen molar-refractivity contribution in [1.29, 1.82) is 0 Å². The Balaban J connectivity index is 1.86. The lowest BCUT2D eigenvalue weighted by molar-refractivity contribution is 0.0993. The molecule has 0 fully saturated rings. The Morgan fingerprint density at radius 3 is 2.21 bits per heavy atom. The normalized spacial score (nSPS) is 10.8. The van der Waals surface area contributed by atoms with Crippen LogP contribution in [0.3, 0.4) is 0 Å².